The molecule has 0 saturated carbocycles. The van der Waals surface area contributed by atoms with Gasteiger partial charge in [-0.05, 0) is 32.7 Å². The lowest BCUT2D eigenvalue weighted by atomic mass is 9.98. The minimum absolute atomic E-state index is 0.0300. The molecule has 13 heavy (non-hydrogen) atoms. The molecular weight excluding hydrogens is 164 g/mol. The summed E-state index contributed by atoms with van der Waals surface area (Å²) >= 11 is 0. The first kappa shape index (κ1) is 10.5. The number of hydrogen-bond donors (Lipinski definition) is 1. The van der Waals surface area contributed by atoms with E-state index in [1.54, 1.807) is 0 Å². The maximum absolute atomic E-state index is 11.9. The Bertz CT molecular complexity index is 182. The smallest absolute Gasteiger partial charge is 0.239 e. The van der Waals surface area contributed by atoms with Crippen LogP contribution in [0.2, 0.25) is 0 Å². The third kappa shape index (κ3) is 2.21. The summed E-state index contributed by atoms with van der Waals surface area (Å²) in [5.74, 6) is 0.740. The molecule has 1 saturated heterocycles. The Kier molecular flexibility index (Phi) is 3.72. The van der Waals surface area contributed by atoms with Crippen LogP contribution < -0.4 is 5.32 Å². The van der Waals surface area contributed by atoms with Gasteiger partial charge in [-0.15, -0.1) is 0 Å². The van der Waals surface area contributed by atoms with Gasteiger partial charge in [0.2, 0.25) is 5.91 Å². The first-order chi connectivity index (χ1) is 6.20. The van der Waals surface area contributed by atoms with E-state index in [0.717, 1.165) is 25.9 Å². The van der Waals surface area contributed by atoms with Gasteiger partial charge in [0.15, 0.2) is 0 Å². The SMILES string of the molecule is CCN1CCCC(C)C(NC)C1=O. The van der Waals surface area contributed by atoms with Crippen LogP contribution in [0.4, 0.5) is 0 Å². The summed E-state index contributed by atoms with van der Waals surface area (Å²) in [7, 11) is 1.87. The molecule has 0 aliphatic carbocycles. The molecule has 1 aliphatic heterocycles. The van der Waals surface area contributed by atoms with E-state index in [2.05, 4.69) is 12.2 Å². The number of carbonyl (C=O) groups is 1. The zero-order valence-corrected chi connectivity index (χ0v) is 8.84. The molecule has 0 spiro atoms. The van der Waals surface area contributed by atoms with Crippen molar-refractivity contribution >= 4 is 5.91 Å². The van der Waals surface area contributed by atoms with Crippen LogP contribution in [0, 0.1) is 5.92 Å². The van der Waals surface area contributed by atoms with Gasteiger partial charge in [-0.25, -0.2) is 0 Å². The number of amides is 1. The maximum Gasteiger partial charge on any atom is 0.239 e. The standard InChI is InChI=1S/C10H20N2O/c1-4-12-7-5-6-8(2)9(11-3)10(12)13/h8-9,11H,4-7H2,1-3H3. The first-order valence-corrected chi connectivity index (χ1v) is 5.16. The van der Waals surface area contributed by atoms with Crippen LogP contribution in [-0.4, -0.2) is 37.0 Å². The minimum Gasteiger partial charge on any atom is -0.342 e. The predicted octanol–water partition coefficient (Wildman–Crippen LogP) is 0.853. The van der Waals surface area contributed by atoms with Crippen molar-refractivity contribution < 1.29 is 4.79 Å². The van der Waals surface area contributed by atoms with Gasteiger partial charge in [-0.2, -0.15) is 0 Å². The van der Waals surface area contributed by atoms with Gasteiger partial charge in [0, 0.05) is 13.1 Å². The molecule has 0 aromatic carbocycles. The highest BCUT2D eigenvalue weighted by atomic mass is 16.2. The maximum atomic E-state index is 11.9. The highest BCUT2D eigenvalue weighted by Crippen LogP contribution is 2.17. The fraction of sp³-hybridized carbons (Fsp3) is 0.900. The number of likely N-dealkylation sites (tertiary alicyclic amines) is 1. The lowest BCUT2D eigenvalue weighted by Crippen LogP contribution is -2.46. The Balaban J connectivity index is 2.71. The second kappa shape index (κ2) is 4.61. The van der Waals surface area contributed by atoms with Crippen LogP contribution in [0.15, 0.2) is 0 Å². The van der Waals surface area contributed by atoms with Crippen LogP contribution >= 0.6 is 0 Å². The molecule has 2 unspecified atom stereocenters. The van der Waals surface area contributed by atoms with Gasteiger partial charge in [-0.1, -0.05) is 6.92 Å². The van der Waals surface area contributed by atoms with E-state index in [-0.39, 0.29) is 11.9 Å². The fourth-order valence-electron chi connectivity index (χ4n) is 2.04. The molecule has 2 atom stereocenters. The summed E-state index contributed by atoms with van der Waals surface area (Å²) in [4.78, 5) is 13.8. The van der Waals surface area contributed by atoms with Crippen molar-refractivity contribution in [2.45, 2.75) is 32.7 Å². The Morgan fingerprint density at radius 2 is 2.31 bits per heavy atom. The second-order valence-corrected chi connectivity index (χ2v) is 3.80. The quantitative estimate of drug-likeness (QED) is 0.690. The van der Waals surface area contributed by atoms with Crippen LogP contribution in [0.1, 0.15) is 26.7 Å². The highest BCUT2D eigenvalue weighted by molar-refractivity contribution is 5.82. The van der Waals surface area contributed by atoms with Gasteiger partial charge in [0.05, 0.1) is 6.04 Å². The van der Waals surface area contributed by atoms with Crippen molar-refractivity contribution in [3.8, 4) is 0 Å². The lowest BCUT2D eigenvalue weighted by Gasteiger charge is -2.24. The third-order valence-corrected chi connectivity index (χ3v) is 2.93. The second-order valence-electron chi connectivity index (χ2n) is 3.80. The van der Waals surface area contributed by atoms with Gasteiger partial charge >= 0.3 is 0 Å². The van der Waals surface area contributed by atoms with E-state index < -0.39 is 0 Å². The fourth-order valence-corrected chi connectivity index (χ4v) is 2.04. The summed E-state index contributed by atoms with van der Waals surface area (Å²) in [6.07, 6.45) is 2.28. The van der Waals surface area contributed by atoms with E-state index >= 15 is 0 Å². The molecule has 1 rings (SSSR count). The number of rotatable bonds is 2. The van der Waals surface area contributed by atoms with Crippen molar-refractivity contribution in [1.82, 2.24) is 10.2 Å². The zero-order chi connectivity index (χ0) is 9.84. The molecule has 76 valence electrons. The lowest BCUT2D eigenvalue weighted by molar-refractivity contribution is -0.133. The molecule has 3 nitrogen and oxygen atoms in total. The van der Waals surface area contributed by atoms with Crippen molar-refractivity contribution in [1.29, 1.82) is 0 Å². The summed E-state index contributed by atoms with van der Waals surface area (Å²) in [5.41, 5.74) is 0. The molecule has 1 fully saturated rings. The largest absolute Gasteiger partial charge is 0.342 e. The number of nitrogens with zero attached hydrogens (tertiary/aromatic N) is 1. The van der Waals surface area contributed by atoms with Crippen LogP contribution in [0.3, 0.4) is 0 Å². The van der Waals surface area contributed by atoms with Crippen molar-refractivity contribution in [3.05, 3.63) is 0 Å². The number of likely N-dealkylation sites (N-methyl/N-ethyl adjacent to an activating group) is 2. The predicted molar refractivity (Wildman–Crippen MR) is 53.5 cm³/mol. The Morgan fingerprint density at radius 3 is 2.85 bits per heavy atom. The molecule has 0 radical (unpaired) electrons. The third-order valence-electron chi connectivity index (χ3n) is 2.93. The Labute approximate surface area is 80.5 Å². The van der Waals surface area contributed by atoms with Gasteiger partial charge < -0.3 is 10.2 Å². The summed E-state index contributed by atoms with van der Waals surface area (Å²) in [6.45, 7) is 5.96. The minimum atomic E-state index is 0.0300. The van der Waals surface area contributed by atoms with Crippen LogP contribution in [-0.2, 0) is 4.79 Å². The molecular formula is C10H20N2O. The summed E-state index contributed by atoms with van der Waals surface area (Å²) in [6, 6.07) is 0.0300. The molecule has 1 amide bonds. The Morgan fingerprint density at radius 1 is 1.62 bits per heavy atom. The summed E-state index contributed by atoms with van der Waals surface area (Å²) in [5, 5.41) is 3.12. The molecule has 0 aromatic rings. The first-order valence-electron chi connectivity index (χ1n) is 5.16. The van der Waals surface area contributed by atoms with E-state index in [9.17, 15) is 4.79 Å². The number of carbonyl (C=O) groups excluding carboxylic acids is 1. The number of nitrogens with one attached hydrogen (secondary N) is 1. The molecule has 1 heterocycles. The normalized spacial score (nSPS) is 30.4. The molecule has 0 aromatic heterocycles. The summed E-state index contributed by atoms with van der Waals surface area (Å²) < 4.78 is 0. The molecule has 1 N–H and O–H groups in total. The van der Waals surface area contributed by atoms with Gasteiger partial charge in [0.1, 0.15) is 0 Å². The van der Waals surface area contributed by atoms with Crippen molar-refractivity contribution in [2.75, 3.05) is 20.1 Å². The topological polar surface area (TPSA) is 32.3 Å². The highest BCUT2D eigenvalue weighted by Gasteiger charge is 2.29. The van der Waals surface area contributed by atoms with Gasteiger partial charge in [0.25, 0.3) is 0 Å². The van der Waals surface area contributed by atoms with Crippen molar-refractivity contribution in [3.63, 3.8) is 0 Å². The van der Waals surface area contributed by atoms with E-state index in [4.69, 9.17) is 0 Å². The molecule has 1 aliphatic rings. The average molecular weight is 184 g/mol. The van der Waals surface area contributed by atoms with Crippen LogP contribution in [0.5, 0.6) is 0 Å². The zero-order valence-electron chi connectivity index (χ0n) is 8.84. The van der Waals surface area contributed by atoms with E-state index in [1.807, 2.05) is 18.9 Å². The molecule has 3 heteroatoms. The average Bonchev–Trinajstić information content (AvgIpc) is 2.25. The molecule has 0 bridgehead atoms. The number of hydrogen-bond acceptors (Lipinski definition) is 2. The van der Waals surface area contributed by atoms with Crippen LogP contribution in [0.25, 0.3) is 0 Å². The van der Waals surface area contributed by atoms with Crippen molar-refractivity contribution in [2.24, 2.45) is 5.92 Å². The Hall–Kier alpha value is -0.570. The van der Waals surface area contributed by atoms with E-state index in [0.29, 0.717) is 5.92 Å². The monoisotopic (exact) mass is 184 g/mol. The van der Waals surface area contributed by atoms with Gasteiger partial charge in [-0.3, -0.25) is 4.79 Å². The van der Waals surface area contributed by atoms with E-state index in [1.165, 1.54) is 0 Å².